The van der Waals surface area contributed by atoms with Crippen molar-refractivity contribution < 1.29 is 9.90 Å². The maximum absolute atomic E-state index is 10.6. The first-order valence-corrected chi connectivity index (χ1v) is 5.44. The highest BCUT2D eigenvalue weighted by Gasteiger charge is 2.02. The molecule has 2 rings (SSSR count). The summed E-state index contributed by atoms with van der Waals surface area (Å²) in [5, 5.41) is 8.72. The van der Waals surface area contributed by atoms with E-state index < -0.39 is 5.97 Å². The summed E-state index contributed by atoms with van der Waals surface area (Å²) < 4.78 is 0. The zero-order valence-corrected chi connectivity index (χ0v) is 9.84. The molecule has 1 aromatic heterocycles. The molecule has 3 heteroatoms. The molecule has 1 N–H and O–H groups in total. The van der Waals surface area contributed by atoms with E-state index in [0.717, 1.165) is 11.1 Å². The minimum absolute atomic E-state index is 0.0245. The number of aromatic carboxylic acids is 1. The van der Waals surface area contributed by atoms with Crippen LogP contribution in [0.2, 0.25) is 0 Å². The van der Waals surface area contributed by atoms with Gasteiger partial charge in [-0.2, -0.15) is 0 Å². The molecule has 1 aromatic carbocycles. The van der Waals surface area contributed by atoms with Crippen LogP contribution in [0.25, 0.3) is 0 Å². The van der Waals surface area contributed by atoms with Crippen LogP contribution in [0.5, 0.6) is 0 Å². The summed E-state index contributed by atoms with van der Waals surface area (Å²) in [5.41, 5.74) is 2.79. The summed E-state index contributed by atoms with van der Waals surface area (Å²) in [4.78, 5) is 14.4. The molecule has 0 unspecified atom stereocenters. The number of benzene rings is 1. The molecule has 88 valence electrons. The van der Waals surface area contributed by atoms with Gasteiger partial charge in [-0.3, -0.25) is 0 Å². The Bertz CT molecular complexity index is 634. The normalized spacial score (nSPS) is 9.39. The molecule has 0 bridgehead atoms. The van der Waals surface area contributed by atoms with E-state index in [4.69, 9.17) is 5.11 Å². The van der Waals surface area contributed by atoms with E-state index in [2.05, 4.69) is 16.8 Å². The highest BCUT2D eigenvalue weighted by molar-refractivity contribution is 5.85. The first kappa shape index (κ1) is 11.9. The van der Waals surface area contributed by atoms with Crippen molar-refractivity contribution in [2.45, 2.75) is 6.92 Å². The number of pyridine rings is 1. The van der Waals surface area contributed by atoms with Gasteiger partial charge in [0.1, 0.15) is 5.69 Å². The predicted octanol–water partition coefficient (Wildman–Crippen LogP) is 2.49. The largest absolute Gasteiger partial charge is 0.477 e. The average molecular weight is 237 g/mol. The SMILES string of the molecule is Cc1ccccc1C#Cc1ccc(C(=O)O)nc1. The molecule has 0 atom stereocenters. The van der Waals surface area contributed by atoms with Gasteiger partial charge in [0.05, 0.1) is 0 Å². The Hall–Kier alpha value is -2.60. The van der Waals surface area contributed by atoms with Crippen LogP contribution in [-0.2, 0) is 0 Å². The number of aryl methyl sites for hydroxylation is 1. The molecule has 0 saturated heterocycles. The van der Waals surface area contributed by atoms with Crippen LogP contribution >= 0.6 is 0 Å². The van der Waals surface area contributed by atoms with Crippen molar-refractivity contribution in [2.75, 3.05) is 0 Å². The van der Waals surface area contributed by atoms with Gasteiger partial charge >= 0.3 is 5.97 Å². The van der Waals surface area contributed by atoms with Crippen molar-refractivity contribution in [1.82, 2.24) is 4.98 Å². The zero-order chi connectivity index (χ0) is 13.0. The van der Waals surface area contributed by atoms with Crippen molar-refractivity contribution in [2.24, 2.45) is 0 Å². The molecule has 0 aliphatic rings. The van der Waals surface area contributed by atoms with Crippen molar-refractivity contribution >= 4 is 5.97 Å². The highest BCUT2D eigenvalue weighted by atomic mass is 16.4. The second kappa shape index (κ2) is 5.15. The molecule has 0 saturated carbocycles. The first-order valence-electron chi connectivity index (χ1n) is 5.44. The number of aromatic nitrogens is 1. The summed E-state index contributed by atoms with van der Waals surface area (Å²) in [5.74, 6) is 4.97. The minimum Gasteiger partial charge on any atom is -0.477 e. The van der Waals surface area contributed by atoms with Crippen molar-refractivity contribution in [3.8, 4) is 11.8 Å². The lowest BCUT2D eigenvalue weighted by atomic mass is 10.1. The molecule has 3 nitrogen and oxygen atoms in total. The molecule has 1 heterocycles. The lowest BCUT2D eigenvalue weighted by molar-refractivity contribution is 0.0690. The third-order valence-corrected chi connectivity index (χ3v) is 2.47. The van der Waals surface area contributed by atoms with Gasteiger partial charge in [-0.05, 0) is 30.7 Å². The second-order valence-electron chi connectivity index (χ2n) is 3.80. The number of hydrogen-bond acceptors (Lipinski definition) is 2. The zero-order valence-electron chi connectivity index (χ0n) is 9.84. The maximum Gasteiger partial charge on any atom is 0.354 e. The summed E-state index contributed by atoms with van der Waals surface area (Å²) in [7, 11) is 0. The molecule has 18 heavy (non-hydrogen) atoms. The van der Waals surface area contributed by atoms with E-state index in [1.54, 1.807) is 6.07 Å². The van der Waals surface area contributed by atoms with Gasteiger partial charge in [0.25, 0.3) is 0 Å². The maximum atomic E-state index is 10.6. The van der Waals surface area contributed by atoms with E-state index >= 15 is 0 Å². The lowest BCUT2D eigenvalue weighted by Gasteiger charge is -1.95. The molecular weight excluding hydrogens is 226 g/mol. The molecular formula is C15H11NO2. The monoisotopic (exact) mass is 237 g/mol. The Kier molecular flexibility index (Phi) is 3.40. The van der Waals surface area contributed by atoms with Crippen LogP contribution in [0.3, 0.4) is 0 Å². The summed E-state index contributed by atoms with van der Waals surface area (Å²) in [6.45, 7) is 2.00. The average Bonchev–Trinajstić information content (AvgIpc) is 2.38. The van der Waals surface area contributed by atoms with E-state index in [-0.39, 0.29) is 5.69 Å². The minimum atomic E-state index is -1.03. The Morgan fingerprint density at radius 2 is 1.94 bits per heavy atom. The number of rotatable bonds is 1. The van der Waals surface area contributed by atoms with Crippen LogP contribution in [0.15, 0.2) is 42.6 Å². The van der Waals surface area contributed by atoms with Crippen molar-refractivity contribution in [1.29, 1.82) is 0 Å². The molecule has 0 aliphatic heterocycles. The number of nitrogens with zero attached hydrogens (tertiary/aromatic N) is 1. The summed E-state index contributed by atoms with van der Waals surface area (Å²) >= 11 is 0. The Morgan fingerprint density at radius 3 is 2.56 bits per heavy atom. The van der Waals surface area contributed by atoms with Gasteiger partial charge in [0.2, 0.25) is 0 Å². The Morgan fingerprint density at radius 1 is 1.17 bits per heavy atom. The fourth-order valence-corrected chi connectivity index (χ4v) is 1.45. The topological polar surface area (TPSA) is 50.2 Å². The summed E-state index contributed by atoms with van der Waals surface area (Å²) in [6, 6.07) is 10.9. The second-order valence-corrected chi connectivity index (χ2v) is 3.80. The Labute approximate surface area is 105 Å². The molecule has 0 fully saturated rings. The molecule has 0 amide bonds. The standard InChI is InChI=1S/C15H11NO2/c1-11-4-2-3-5-13(11)8-6-12-7-9-14(15(17)18)16-10-12/h2-5,7,9-10H,1H3,(H,17,18). The first-order chi connectivity index (χ1) is 8.66. The third kappa shape index (κ3) is 2.74. The van der Waals surface area contributed by atoms with Crippen LogP contribution in [0, 0.1) is 18.8 Å². The van der Waals surface area contributed by atoms with E-state index in [9.17, 15) is 4.79 Å². The number of carboxylic acid groups (broad SMARTS) is 1. The molecule has 0 radical (unpaired) electrons. The van der Waals surface area contributed by atoms with Gasteiger partial charge in [0.15, 0.2) is 0 Å². The Balaban J connectivity index is 2.25. The smallest absolute Gasteiger partial charge is 0.354 e. The van der Waals surface area contributed by atoms with Crippen molar-refractivity contribution in [3.05, 3.63) is 65.0 Å². The van der Waals surface area contributed by atoms with Crippen LogP contribution in [0.1, 0.15) is 27.2 Å². The van der Waals surface area contributed by atoms with Gasteiger partial charge in [-0.1, -0.05) is 30.0 Å². The number of carboxylic acids is 1. The van der Waals surface area contributed by atoms with E-state index in [1.165, 1.54) is 12.3 Å². The third-order valence-electron chi connectivity index (χ3n) is 2.47. The fourth-order valence-electron chi connectivity index (χ4n) is 1.45. The van der Waals surface area contributed by atoms with Gasteiger partial charge in [0, 0.05) is 17.3 Å². The molecule has 0 aliphatic carbocycles. The lowest BCUT2D eigenvalue weighted by Crippen LogP contribution is -1.99. The quantitative estimate of drug-likeness (QED) is 0.775. The van der Waals surface area contributed by atoms with E-state index in [1.807, 2.05) is 31.2 Å². The van der Waals surface area contributed by atoms with Crippen LogP contribution in [0.4, 0.5) is 0 Å². The fraction of sp³-hybridized carbons (Fsp3) is 0.0667. The van der Waals surface area contributed by atoms with Crippen molar-refractivity contribution in [3.63, 3.8) is 0 Å². The van der Waals surface area contributed by atoms with Gasteiger partial charge < -0.3 is 5.11 Å². The number of hydrogen-bond donors (Lipinski definition) is 1. The van der Waals surface area contributed by atoms with Crippen LogP contribution in [-0.4, -0.2) is 16.1 Å². The molecule has 2 aromatic rings. The molecule has 0 spiro atoms. The highest BCUT2D eigenvalue weighted by Crippen LogP contribution is 2.05. The van der Waals surface area contributed by atoms with Gasteiger partial charge in [-0.25, -0.2) is 9.78 Å². The predicted molar refractivity (Wildman–Crippen MR) is 68.4 cm³/mol. The number of carbonyl (C=O) groups is 1. The van der Waals surface area contributed by atoms with Gasteiger partial charge in [-0.15, -0.1) is 0 Å². The van der Waals surface area contributed by atoms with E-state index in [0.29, 0.717) is 5.56 Å². The summed E-state index contributed by atoms with van der Waals surface area (Å²) in [6.07, 6.45) is 1.47. The van der Waals surface area contributed by atoms with Crippen LogP contribution < -0.4 is 0 Å².